The normalized spacial score (nSPS) is 19.0. The van der Waals surface area contributed by atoms with Gasteiger partial charge in [0, 0.05) is 31.0 Å². The Bertz CT molecular complexity index is 845. The van der Waals surface area contributed by atoms with Crippen LogP contribution in [0.2, 0.25) is 0 Å². The first-order valence-corrected chi connectivity index (χ1v) is 10.8. The molecule has 2 N–H and O–H groups in total. The number of hydrogen-bond donors (Lipinski definition) is 2. The largest absolute Gasteiger partial charge is 0.460 e. The minimum absolute atomic E-state index is 0.0401. The summed E-state index contributed by atoms with van der Waals surface area (Å²) in [6, 6.07) is 6.32. The van der Waals surface area contributed by atoms with Crippen molar-refractivity contribution in [1.29, 1.82) is 0 Å². The van der Waals surface area contributed by atoms with Crippen LogP contribution in [-0.2, 0) is 19.1 Å². The van der Waals surface area contributed by atoms with Crippen molar-refractivity contribution in [2.75, 3.05) is 32.2 Å². The van der Waals surface area contributed by atoms with Gasteiger partial charge >= 0.3 is 12.0 Å². The van der Waals surface area contributed by atoms with Gasteiger partial charge in [-0.1, -0.05) is 25.5 Å². The second-order valence-electron chi connectivity index (χ2n) is 7.90. The van der Waals surface area contributed by atoms with Gasteiger partial charge in [0.1, 0.15) is 6.61 Å². The number of amides is 3. The van der Waals surface area contributed by atoms with Gasteiger partial charge in [0.15, 0.2) is 0 Å². The zero-order chi connectivity index (χ0) is 22.4. The maximum atomic E-state index is 12.9. The molecule has 1 aromatic rings. The van der Waals surface area contributed by atoms with E-state index >= 15 is 0 Å². The Morgan fingerprint density at radius 1 is 1.19 bits per heavy atom. The highest BCUT2D eigenvalue weighted by molar-refractivity contribution is 5.95. The first-order valence-electron chi connectivity index (χ1n) is 10.8. The fourth-order valence-electron chi connectivity index (χ4n) is 3.76. The molecule has 3 amide bonds. The summed E-state index contributed by atoms with van der Waals surface area (Å²) in [5.41, 5.74) is 2.42. The lowest BCUT2D eigenvalue weighted by Gasteiger charge is -2.35. The van der Waals surface area contributed by atoms with E-state index in [1.165, 1.54) is 7.11 Å². The van der Waals surface area contributed by atoms with Crippen molar-refractivity contribution in [3.63, 3.8) is 0 Å². The van der Waals surface area contributed by atoms with Crippen LogP contribution in [0, 0.1) is 5.92 Å². The van der Waals surface area contributed by atoms with Crippen molar-refractivity contribution in [3.05, 3.63) is 41.1 Å². The number of benzene rings is 1. The van der Waals surface area contributed by atoms with Crippen molar-refractivity contribution in [1.82, 2.24) is 10.2 Å². The van der Waals surface area contributed by atoms with Gasteiger partial charge in [0.25, 0.3) is 0 Å². The van der Waals surface area contributed by atoms with E-state index < -0.39 is 12.0 Å². The number of rotatable bonds is 9. The standard InChI is InChI=1S/C23H31N3O5/c1-4-12-26-15(2)19(22(28)31-14-13-30-3)20(25-23(26)29)16-8-10-18(11-9-16)24-21(27)17-6-5-7-17/h8-11,17,20H,4-7,12-14H2,1-3H3,(H,24,27)(H,25,29)/t20-/m0/s1. The lowest BCUT2D eigenvalue weighted by Crippen LogP contribution is -2.48. The number of carbonyl (C=O) groups is 3. The Balaban J connectivity index is 1.83. The second-order valence-corrected chi connectivity index (χ2v) is 7.90. The van der Waals surface area contributed by atoms with E-state index in [0.717, 1.165) is 31.2 Å². The van der Waals surface area contributed by atoms with Crippen molar-refractivity contribution in [2.45, 2.75) is 45.6 Å². The molecule has 0 unspecified atom stereocenters. The van der Waals surface area contributed by atoms with E-state index in [0.29, 0.717) is 30.1 Å². The average molecular weight is 430 g/mol. The maximum Gasteiger partial charge on any atom is 0.338 e. The van der Waals surface area contributed by atoms with E-state index in [4.69, 9.17) is 9.47 Å². The number of methoxy groups -OCH3 is 1. The van der Waals surface area contributed by atoms with Crippen LogP contribution in [0.4, 0.5) is 10.5 Å². The minimum atomic E-state index is -0.632. The number of nitrogens with zero attached hydrogens (tertiary/aromatic N) is 1. The van der Waals surface area contributed by atoms with E-state index in [1.54, 1.807) is 24.0 Å². The van der Waals surface area contributed by atoms with E-state index in [1.807, 2.05) is 19.1 Å². The van der Waals surface area contributed by atoms with Crippen LogP contribution in [0.1, 0.15) is 51.1 Å². The molecule has 1 saturated carbocycles. The molecule has 0 aromatic heterocycles. The van der Waals surface area contributed by atoms with Crippen molar-refractivity contribution in [3.8, 4) is 0 Å². The third kappa shape index (κ3) is 5.25. The first kappa shape index (κ1) is 22.8. The number of nitrogens with one attached hydrogen (secondary N) is 2. The molecule has 3 rings (SSSR count). The second kappa shape index (κ2) is 10.4. The lowest BCUT2D eigenvalue weighted by atomic mass is 9.85. The highest BCUT2D eigenvalue weighted by atomic mass is 16.6. The fraction of sp³-hybridized carbons (Fsp3) is 0.522. The Morgan fingerprint density at radius 2 is 1.90 bits per heavy atom. The van der Waals surface area contributed by atoms with Crippen molar-refractivity contribution in [2.24, 2.45) is 5.92 Å². The average Bonchev–Trinajstić information content (AvgIpc) is 2.70. The van der Waals surface area contributed by atoms with Crippen LogP contribution in [0.3, 0.4) is 0 Å². The van der Waals surface area contributed by atoms with Crippen LogP contribution in [0.25, 0.3) is 0 Å². The number of urea groups is 1. The Labute approximate surface area is 183 Å². The van der Waals surface area contributed by atoms with Crippen LogP contribution in [0.15, 0.2) is 35.5 Å². The molecule has 1 aliphatic carbocycles. The number of allylic oxidation sites excluding steroid dienone is 1. The molecule has 1 aliphatic heterocycles. The van der Waals surface area contributed by atoms with Crippen LogP contribution in [-0.4, -0.2) is 49.7 Å². The molecule has 1 fully saturated rings. The molecule has 0 saturated heterocycles. The van der Waals surface area contributed by atoms with Crippen LogP contribution in [0.5, 0.6) is 0 Å². The molecule has 8 nitrogen and oxygen atoms in total. The summed E-state index contributed by atoms with van der Waals surface area (Å²) >= 11 is 0. The predicted molar refractivity (Wildman–Crippen MR) is 116 cm³/mol. The molecule has 2 aliphatic rings. The van der Waals surface area contributed by atoms with Gasteiger partial charge < -0.3 is 20.1 Å². The van der Waals surface area contributed by atoms with Gasteiger partial charge in [-0.3, -0.25) is 9.69 Å². The smallest absolute Gasteiger partial charge is 0.338 e. The molecule has 1 heterocycles. The molecule has 8 heteroatoms. The quantitative estimate of drug-likeness (QED) is 0.463. The fourth-order valence-corrected chi connectivity index (χ4v) is 3.76. The Kier molecular flexibility index (Phi) is 7.68. The van der Waals surface area contributed by atoms with Crippen LogP contribution < -0.4 is 10.6 Å². The van der Waals surface area contributed by atoms with Crippen molar-refractivity contribution >= 4 is 23.6 Å². The number of esters is 1. The first-order chi connectivity index (χ1) is 15.0. The summed E-state index contributed by atoms with van der Waals surface area (Å²) in [5, 5.41) is 5.86. The Morgan fingerprint density at radius 3 is 2.48 bits per heavy atom. The predicted octanol–water partition coefficient (Wildman–Crippen LogP) is 3.37. The van der Waals surface area contributed by atoms with Crippen molar-refractivity contribution < 1.29 is 23.9 Å². The SMILES string of the molecule is CCCN1C(=O)N[C@@H](c2ccc(NC(=O)C3CCC3)cc2)C(C(=O)OCCOC)=C1C. The maximum absolute atomic E-state index is 12.9. The van der Waals surface area contributed by atoms with Gasteiger partial charge in [0.2, 0.25) is 5.91 Å². The molecule has 0 bridgehead atoms. The van der Waals surface area contributed by atoms with E-state index in [-0.39, 0.29) is 24.5 Å². The summed E-state index contributed by atoms with van der Waals surface area (Å²) in [6.45, 7) is 4.67. The summed E-state index contributed by atoms with van der Waals surface area (Å²) in [5.74, 6) is -0.345. The van der Waals surface area contributed by atoms with Crippen LogP contribution >= 0.6 is 0 Å². The zero-order valence-electron chi connectivity index (χ0n) is 18.4. The zero-order valence-corrected chi connectivity index (χ0v) is 18.4. The number of hydrogen-bond acceptors (Lipinski definition) is 5. The van der Waals surface area contributed by atoms with Gasteiger partial charge in [-0.2, -0.15) is 0 Å². The third-order valence-electron chi connectivity index (χ3n) is 5.77. The highest BCUT2D eigenvalue weighted by Gasteiger charge is 2.36. The number of anilines is 1. The van der Waals surface area contributed by atoms with E-state index in [2.05, 4.69) is 10.6 Å². The van der Waals surface area contributed by atoms with Gasteiger partial charge in [-0.15, -0.1) is 0 Å². The summed E-state index contributed by atoms with van der Waals surface area (Å²) in [6.07, 6.45) is 3.73. The topological polar surface area (TPSA) is 97.0 Å². The van der Waals surface area contributed by atoms with Gasteiger partial charge in [0.05, 0.1) is 18.2 Å². The molecule has 168 valence electrons. The molecule has 0 radical (unpaired) electrons. The third-order valence-corrected chi connectivity index (χ3v) is 5.77. The number of ether oxygens (including phenoxy) is 2. The molecule has 0 spiro atoms. The Hall–Kier alpha value is -2.87. The summed E-state index contributed by atoms with van der Waals surface area (Å²) in [4.78, 5) is 39.3. The minimum Gasteiger partial charge on any atom is -0.460 e. The number of carbonyl (C=O) groups excluding carboxylic acids is 3. The molecular formula is C23H31N3O5. The molecular weight excluding hydrogens is 398 g/mol. The summed E-state index contributed by atoms with van der Waals surface area (Å²) in [7, 11) is 1.54. The monoisotopic (exact) mass is 429 g/mol. The van der Waals surface area contributed by atoms with E-state index in [9.17, 15) is 14.4 Å². The molecule has 1 aromatic carbocycles. The summed E-state index contributed by atoms with van der Waals surface area (Å²) < 4.78 is 10.3. The van der Waals surface area contributed by atoms with Gasteiger partial charge in [-0.25, -0.2) is 9.59 Å². The lowest BCUT2D eigenvalue weighted by molar-refractivity contribution is -0.141. The molecule has 31 heavy (non-hydrogen) atoms. The highest BCUT2D eigenvalue weighted by Crippen LogP contribution is 2.32. The van der Waals surface area contributed by atoms with Gasteiger partial charge in [-0.05, 0) is 43.9 Å². The molecule has 1 atom stereocenters.